The molecule has 66 valence electrons. The van der Waals surface area contributed by atoms with Gasteiger partial charge in [0.1, 0.15) is 5.76 Å². The van der Waals surface area contributed by atoms with Gasteiger partial charge in [0.15, 0.2) is 4.67 Å². The van der Waals surface area contributed by atoms with Gasteiger partial charge in [0, 0.05) is 10.6 Å². The Morgan fingerprint density at radius 2 is 1.69 bits per heavy atom. The van der Waals surface area contributed by atoms with E-state index in [2.05, 4.69) is 15.9 Å². The molecule has 1 aromatic carbocycles. The maximum Gasteiger partial charge on any atom is 0.169 e. The van der Waals surface area contributed by atoms with Crippen LogP contribution in [0.25, 0.3) is 11.3 Å². The summed E-state index contributed by atoms with van der Waals surface area (Å²) in [4.78, 5) is 0. The molecular formula is C10H6BrClO. The lowest BCUT2D eigenvalue weighted by atomic mass is 10.2. The van der Waals surface area contributed by atoms with Crippen LogP contribution in [0.4, 0.5) is 0 Å². The Kier molecular flexibility index (Phi) is 2.42. The van der Waals surface area contributed by atoms with E-state index >= 15 is 0 Å². The molecule has 0 fully saturated rings. The van der Waals surface area contributed by atoms with E-state index in [1.807, 2.05) is 36.4 Å². The monoisotopic (exact) mass is 256 g/mol. The zero-order valence-electron chi connectivity index (χ0n) is 6.63. The van der Waals surface area contributed by atoms with Gasteiger partial charge in [0.2, 0.25) is 0 Å². The first-order valence-corrected chi connectivity index (χ1v) is 4.94. The highest BCUT2D eigenvalue weighted by Crippen LogP contribution is 2.25. The van der Waals surface area contributed by atoms with Gasteiger partial charge in [-0.3, -0.25) is 0 Å². The smallest absolute Gasteiger partial charge is 0.169 e. The Morgan fingerprint density at radius 1 is 1.00 bits per heavy atom. The molecule has 0 saturated heterocycles. The van der Waals surface area contributed by atoms with Crippen LogP contribution in [0.3, 0.4) is 0 Å². The summed E-state index contributed by atoms with van der Waals surface area (Å²) in [5.74, 6) is 0.837. The van der Waals surface area contributed by atoms with E-state index in [0.29, 0.717) is 0 Å². The lowest BCUT2D eigenvalue weighted by Crippen LogP contribution is -1.71. The molecule has 0 atom stereocenters. The van der Waals surface area contributed by atoms with Gasteiger partial charge >= 0.3 is 0 Å². The van der Waals surface area contributed by atoms with Crippen LogP contribution in [-0.4, -0.2) is 0 Å². The van der Waals surface area contributed by atoms with Crippen molar-refractivity contribution >= 4 is 27.5 Å². The predicted molar refractivity (Wildman–Crippen MR) is 56.9 cm³/mol. The van der Waals surface area contributed by atoms with Crippen LogP contribution in [-0.2, 0) is 0 Å². The van der Waals surface area contributed by atoms with Crippen molar-refractivity contribution in [1.29, 1.82) is 0 Å². The van der Waals surface area contributed by atoms with Crippen molar-refractivity contribution in [1.82, 2.24) is 0 Å². The first kappa shape index (κ1) is 8.85. The van der Waals surface area contributed by atoms with Crippen molar-refractivity contribution < 1.29 is 4.42 Å². The molecule has 0 aliphatic rings. The summed E-state index contributed by atoms with van der Waals surface area (Å²) in [6.07, 6.45) is 0. The van der Waals surface area contributed by atoms with Gasteiger partial charge in [-0.2, -0.15) is 0 Å². The van der Waals surface area contributed by atoms with Crippen LogP contribution in [0, 0.1) is 0 Å². The number of furan rings is 1. The van der Waals surface area contributed by atoms with Crippen molar-refractivity contribution in [3.05, 3.63) is 46.1 Å². The molecule has 0 aliphatic carbocycles. The number of hydrogen-bond donors (Lipinski definition) is 0. The average molecular weight is 258 g/mol. The van der Waals surface area contributed by atoms with Gasteiger partial charge < -0.3 is 4.42 Å². The second-order valence-corrected chi connectivity index (χ2v) is 3.83. The number of rotatable bonds is 1. The molecule has 2 rings (SSSR count). The number of hydrogen-bond acceptors (Lipinski definition) is 1. The largest absolute Gasteiger partial charge is 0.449 e. The second-order valence-electron chi connectivity index (χ2n) is 2.61. The molecule has 0 aliphatic heterocycles. The second kappa shape index (κ2) is 3.56. The molecule has 0 spiro atoms. The van der Waals surface area contributed by atoms with E-state index in [1.54, 1.807) is 0 Å². The maximum absolute atomic E-state index is 5.76. The molecule has 0 amide bonds. The van der Waals surface area contributed by atoms with Gasteiger partial charge in [-0.15, -0.1) is 0 Å². The predicted octanol–water partition coefficient (Wildman–Crippen LogP) is 4.36. The molecule has 0 unspecified atom stereocenters. The molecule has 1 aromatic heterocycles. The molecule has 0 bridgehead atoms. The topological polar surface area (TPSA) is 13.1 Å². The van der Waals surface area contributed by atoms with E-state index in [4.69, 9.17) is 16.0 Å². The molecule has 13 heavy (non-hydrogen) atoms. The van der Waals surface area contributed by atoms with Gasteiger partial charge in [-0.05, 0) is 52.3 Å². The van der Waals surface area contributed by atoms with E-state index < -0.39 is 0 Å². The summed E-state index contributed by atoms with van der Waals surface area (Å²) in [5.41, 5.74) is 1.02. The SMILES string of the molecule is Clc1ccc(-c2ccc(Br)o2)cc1. The highest BCUT2D eigenvalue weighted by Gasteiger charge is 2.01. The Morgan fingerprint density at radius 3 is 2.23 bits per heavy atom. The van der Waals surface area contributed by atoms with Crippen LogP contribution in [0.2, 0.25) is 5.02 Å². The molecule has 3 heteroatoms. The van der Waals surface area contributed by atoms with E-state index in [0.717, 1.165) is 21.0 Å². The fourth-order valence-electron chi connectivity index (χ4n) is 1.08. The first-order valence-electron chi connectivity index (χ1n) is 3.77. The third-order valence-electron chi connectivity index (χ3n) is 1.70. The molecule has 0 saturated carbocycles. The highest BCUT2D eigenvalue weighted by atomic mass is 79.9. The molecule has 2 aromatic rings. The third-order valence-corrected chi connectivity index (χ3v) is 2.38. The standard InChI is InChI=1S/C10H6BrClO/c11-10-6-5-9(13-10)7-1-3-8(12)4-2-7/h1-6H. The average Bonchev–Trinajstić information content (AvgIpc) is 2.53. The Labute approximate surface area is 89.5 Å². The zero-order chi connectivity index (χ0) is 9.26. The summed E-state index contributed by atoms with van der Waals surface area (Å²) < 4.78 is 6.12. The molecule has 1 nitrogen and oxygen atoms in total. The molecule has 1 heterocycles. The van der Waals surface area contributed by atoms with E-state index in [9.17, 15) is 0 Å². The third kappa shape index (κ3) is 1.95. The fraction of sp³-hybridized carbons (Fsp3) is 0. The van der Waals surface area contributed by atoms with Crippen molar-refractivity contribution in [3.8, 4) is 11.3 Å². The number of benzene rings is 1. The zero-order valence-corrected chi connectivity index (χ0v) is 8.97. The first-order chi connectivity index (χ1) is 6.25. The van der Waals surface area contributed by atoms with Gasteiger partial charge in [0.05, 0.1) is 0 Å². The Bertz CT molecular complexity index is 405. The Balaban J connectivity index is 2.41. The van der Waals surface area contributed by atoms with Crippen LogP contribution in [0.1, 0.15) is 0 Å². The fourth-order valence-corrected chi connectivity index (χ4v) is 1.52. The van der Waals surface area contributed by atoms with Crippen molar-refractivity contribution in [3.63, 3.8) is 0 Å². The van der Waals surface area contributed by atoms with E-state index in [-0.39, 0.29) is 0 Å². The summed E-state index contributed by atoms with van der Waals surface area (Å²) in [7, 11) is 0. The molecule has 0 N–H and O–H groups in total. The summed E-state index contributed by atoms with van der Waals surface area (Å²) in [6, 6.07) is 11.3. The van der Waals surface area contributed by atoms with E-state index in [1.165, 1.54) is 0 Å². The van der Waals surface area contributed by atoms with Gasteiger partial charge in [-0.25, -0.2) is 0 Å². The highest BCUT2D eigenvalue weighted by molar-refractivity contribution is 9.10. The number of halogens is 2. The maximum atomic E-state index is 5.76. The summed E-state index contributed by atoms with van der Waals surface area (Å²) in [6.45, 7) is 0. The molecular weight excluding hydrogens is 251 g/mol. The Hall–Kier alpha value is -0.730. The van der Waals surface area contributed by atoms with Gasteiger partial charge in [-0.1, -0.05) is 11.6 Å². The minimum atomic E-state index is 0.731. The lowest BCUT2D eigenvalue weighted by molar-refractivity contribution is 0.556. The minimum Gasteiger partial charge on any atom is -0.449 e. The van der Waals surface area contributed by atoms with Crippen LogP contribution < -0.4 is 0 Å². The van der Waals surface area contributed by atoms with Crippen LogP contribution >= 0.6 is 27.5 Å². The van der Waals surface area contributed by atoms with Crippen molar-refractivity contribution in [2.75, 3.05) is 0 Å². The minimum absolute atomic E-state index is 0.731. The summed E-state index contributed by atoms with van der Waals surface area (Å²) >= 11 is 9.02. The van der Waals surface area contributed by atoms with Crippen LogP contribution in [0.15, 0.2) is 45.5 Å². The molecule has 0 radical (unpaired) electrons. The van der Waals surface area contributed by atoms with Crippen LogP contribution in [0.5, 0.6) is 0 Å². The normalized spacial score (nSPS) is 10.3. The summed E-state index contributed by atoms with van der Waals surface area (Å²) in [5, 5.41) is 0.731. The quantitative estimate of drug-likeness (QED) is 0.740. The van der Waals surface area contributed by atoms with Gasteiger partial charge in [0.25, 0.3) is 0 Å². The lowest BCUT2D eigenvalue weighted by Gasteiger charge is -1.95. The van der Waals surface area contributed by atoms with Crippen molar-refractivity contribution in [2.24, 2.45) is 0 Å². The van der Waals surface area contributed by atoms with Crippen molar-refractivity contribution in [2.45, 2.75) is 0 Å².